The highest BCUT2D eigenvalue weighted by molar-refractivity contribution is 9.11. The Bertz CT molecular complexity index is 716. The van der Waals surface area contributed by atoms with Gasteiger partial charge in [0.25, 0.3) is 0 Å². The Morgan fingerprint density at radius 3 is 2.70 bits per heavy atom. The van der Waals surface area contributed by atoms with E-state index >= 15 is 0 Å². The predicted molar refractivity (Wildman–Crippen MR) is 84.2 cm³/mol. The van der Waals surface area contributed by atoms with E-state index in [4.69, 9.17) is 0 Å². The molecule has 20 heavy (non-hydrogen) atoms. The minimum Gasteiger partial charge on any atom is -0.381 e. The van der Waals surface area contributed by atoms with Crippen molar-refractivity contribution in [1.82, 2.24) is 0 Å². The molecule has 1 aromatic carbocycles. The number of rotatable bonds is 5. The molecule has 0 amide bonds. The van der Waals surface area contributed by atoms with Crippen LogP contribution in [0.3, 0.4) is 0 Å². The van der Waals surface area contributed by atoms with Crippen LogP contribution in [0.2, 0.25) is 0 Å². The molecule has 0 unspecified atom stereocenters. The summed E-state index contributed by atoms with van der Waals surface area (Å²) in [6.45, 7) is 0.575. The third-order valence-electron chi connectivity index (χ3n) is 2.38. The van der Waals surface area contributed by atoms with Crippen molar-refractivity contribution in [2.75, 3.05) is 16.3 Å². The maximum atomic E-state index is 13.5. The van der Waals surface area contributed by atoms with Crippen molar-refractivity contribution in [1.29, 1.82) is 0 Å². The Balaban J connectivity index is 2.11. The molecule has 2 aromatic rings. The number of thiophene rings is 1. The van der Waals surface area contributed by atoms with Gasteiger partial charge in [-0.1, -0.05) is 0 Å². The van der Waals surface area contributed by atoms with E-state index in [1.165, 1.54) is 12.1 Å². The fraction of sp³-hybridized carbons (Fsp3) is 0.167. The molecule has 4 nitrogen and oxygen atoms in total. The number of hydrogen-bond donors (Lipinski definition) is 2. The van der Waals surface area contributed by atoms with E-state index in [1.54, 1.807) is 17.4 Å². The minimum absolute atomic E-state index is 0.0657. The third-order valence-corrected chi connectivity index (χ3v) is 4.52. The second-order valence-electron chi connectivity index (χ2n) is 4.18. The van der Waals surface area contributed by atoms with Gasteiger partial charge in [0, 0.05) is 12.2 Å². The van der Waals surface area contributed by atoms with Crippen LogP contribution in [0.5, 0.6) is 0 Å². The molecule has 0 saturated carbocycles. The number of benzene rings is 1. The van der Waals surface area contributed by atoms with Crippen molar-refractivity contribution in [2.45, 2.75) is 6.54 Å². The van der Waals surface area contributed by atoms with E-state index in [2.05, 4.69) is 26.0 Å². The van der Waals surface area contributed by atoms with Crippen molar-refractivity contribution in [3.8, 4) is 0 Å². The molecular weight excluding hydrogens is 367 g/mol. The minimum atomic E-state index is -3.50. The second kappa shape index (κ2) is 6.11. The Morgan fingerprint density at radius 1 is 1.35 bits per heavy atom. The zero-order chi connectivity index (χ0) is 14.8. The highest BCUT2D eigenvalue weighted by Crippen LogP contribution is 2.23. The lowest BCUT2D eigenvalue weighted by Crippen LogP contribution is -2.11. The van der Waals surface area contributed by atoms with Gasteiger partial charge < -0.3 is 5.32 Å². The van der Waals surface area contributed by atoms with Crippen LogP contribution >= 0.6 is 27.3 Å². The standard InChI is InChI=1S/C12H12BrFN2O2S2/c1-20(17,18)16-11-5-9(2-3-10(11)14)15-6-8-4-12(13)19-7-8/h2-5,7,15-16H,6H2,1H3. The van der Waals surface area contributed by atoms with E-state index in [-0.39, 0.29) is 5.69 Å². The lowest BCUT2D eigenvalue weighted by Gasteiger charge is -2.09. The lowest BCUT2D eigenvalue weighted by molar-refractivity contribution is 0.604. The Kier molecular flexibility index (Phi) is 4.66. The zero-order valence-electron chi connectivity index (χ0n) is 10.5. The quantitative estimate of drug-likeness (QED) is 0.834. The van der Waals surface area contributed by atoms with Crippen LogP contribution in [0, 0.1) is 5.82 Å². The van der Waals surface area contributed by atoms with Crippen molar-refractivity contribution in [2.24, 2.45) is 0 Å². The monoisotopic (exact) mass is 378 g/mol. The SMILES string of the molecule is CS(=O)(=O)Nc1cc(NCc2csc(Br)c2)ccc1F. The number of sulfonamides is 1. The van der Waals surface area contributed by atoms with Gasteiger partial charge in [0.15, 0.2) is 0 Å². The smallest absolute Gasteiger partial charge is 0.229 e. The van der Waals surface area contributed by atoms with E-state index in [0.29, 0.717) is 12.2 Å². The molecular formula is C12H12BrFN2O2S2. The second-order valence-corrected chi connectivity index (χ2v) is 8.22. The van der Waals surface area contributed by atoms with Crippen LogP contribution in [-0.4, -0.2) is 14.7 Å². The summed E-state index contributed by atoms with van der Waals surface area (Å²) in [6.07, 6.45) is 0.982. The summed E-state index contributed by atoms with van der Waals surface area (Å²) < 4.78 is 39.0. The van der Waals surface area contributed by atoms with Gasteiger partial charge in [0.05, 0.1) is 15.7 Å². The average Bonchev–Trinajstić information content (AvgIpc) is 2.74. The summed E-state index contributed by atoms with van der Waals surface area (Å²) in [5.74, 6) is -0.612. The highest BCUT2D eigenvalue weighted by Gasteiger charge is 2.08. The third kappa shape index (κ3) is 4.46. The molecule has 8 heteroatoms. The first-order valence-electron chi connectivity index (χ1n) is 5.57. The first-order chi connectivity index (χ1) is 9.33. The fourth-order valence-corrected chi connectivity index (χ4v) is 3.32. The maximum absolute atomic E-state index is 13.5. The molecule has 1 heterocycles. The van der Waals surface area contributed by atoms with Crippen LogP contribution < -0.4 is 10.0 Å². The number of halogens is 2. The van der Waals surface area contributed by atoms with Crippen molar-refractivity contribution >= 4 is 48.7 Å². The molecule has 0 saturated heterocycles. The van der Waals surface area contributed by atoms with E-state index in [1.807, 2.05) is 11.4 Å². The van der Waals surface area contributed by atoms with E-state index in [9.17, 15) is 12.8 Å². The van der Waals surface area contributed by atoms with Gasteiger partial charge in [-0.05, 0) is 51.1 Å². The van der Waals surface area contributed by atoms with Crippen molar-refractivity contribution in [3.63, 3.8) is 0 Å². The molecule has 0 spiro atoms. The summed E-state index contributed by atoms with van der Waals surface area (Å²) >= 11 is 4.96. The normalized spacial score (nSPS) is 11.3. The van der Waals surface area contributed by atoms with Gasteiger partial charge >= 0.3 is 0 Å². The first-order valence-corrected chi connectivity index (χ1v) is 9.14. The summed E-state index contributed by atoms with van der Waals surface area (Å²) in [5, 5.41) is 5.11. The largest absolute Gasteiger partial charge is 0.381 e. The molecule has 2 rings (SSSR count). The first kappa shape index (κ1) is 15.3. The van der Waals surface area contributed by atoms with Gasteiger partial charge in [-0.25, -0.2) is 12.8 Å². The molecule has 1 aromatic heterocycles. The van der Waals surface area contributed by atoms with Crippen molar-refractivity contribution in [3.05, 3.63) is 44.8 Å². The van der Waals surface area contributed by atoms with E-state index in [0.717, 1.165) is 15.6 Å². The molecule has 2 N–H and O–H groups in total. The molecule has 0 fully saturated rings. The van der Waals surface area contributed by atoms with E-state index < -0.39 is 15.8 Å². The molecule has 0 aliphatic heterocycles. The summed E-state index contributed by atoms with van der Waals surface area (Å²) in [6, 6.07) is 6.19. The van der Waals surface area contributed by atoms with Gasteiger partial charge in [-0.2, -0.15) is 0 Å². The zero-order valence-corrected chi connectivity index (χ0v) is 13.7. The average molecular weight is 379 g/mol. The lowest BCUT2D eigenvalue weighted by atomic mass is 10.2. The van der Waals surface area contributed by atoms with Crippen LogP contribution in [0.1, 0.15) is 5.56 Å². The van der Waals surface area contributed by atoms with Crippen LogP contribution in [-0.2, 0) is 16.6 Å². The molecule has 108 valence electrons. The van der Waals surface area contributed by atoms with Crippen molar-refractivity contribution < 1.29 is 12.8 Å². The predicted octanol–water partition coefficient (Wildman–Crippen LogP) is 3.63. The van der Waals surface area contributed by atoms with Crippen LogP contribution in [0.25, 0.3) is 0 Å². The van der Waals surface area contributed by atoms with Gasteiger partial charge in [-0.3, -0.25) is 4.72 Å². The Hall–Kier alpha value is -1.12. The summed E-state index contributed by atoms with van der Waals surface area (Å²) in [5.41, 5.74) is 1.66. The molecule has 0 aliphatic carbocycles. The molecule has 0 radical (unpaired) electrons. The summed E-state index contributed by atoms with van der Waals surface area (Å²) in [7, 11) is -3.50. The molecule has 0 atom stereocenters. The maximum Gasteiger partial charge on any atom is 0.229 e. The number of hydrogen-bond acceptors (Lipinski definition) is 4. The highest BCUT2D eigenvalue weighted by atomic mass is 79.9. The molecule has 0 aliphatic rings. The van der Waals surface area contributed by atoms with Crippen LogP contribution in [0.15, 0.2) is 33.4 Å². The fourth-order valence-electron chi connectivity index (χ4n) is 1.56. The Morgan fingerprint density at radius 2 is 2.10 bits per heavy atom. The summed E-state index contributed by atoms with van der Waals surface area (Å²) in [4.78, 5) is 0. The Labute approximate surface area is 129 Å². The topological polar surface area (TPSA) is 58.2 Å². The van der Waals surface area contributed by atoms with Gasteiger partial charge in [-0.15, -0.1) is 11.3 Å². The molecule has 0 bridgehead atoms. The van der Waals surface area contributed by atoms with Gasteiger partial charge in [0.1, 0.15) is 5.82 Å². The number of anilines is 2. The van der Waals surface area contributed by atoms with Crippen LogP contribution in [0.4, 0.5) is 15.8 Å². The number of nitrogens with one attached hydrogen (secondary N) is 2. The van der Waals surface area contributed by atoms with Gasteiger partial charge in [0.2, 0.25) is 10.0 Å².